The van der Waals surface area contributed by atoms with E-state index in [2.05, 4.69) is 15.6 Å². The lowest BCUT2D eigenvalue weighted by atomic mass is 9.77. The zero-order chi connectivity index (χ0) is 26.8. The number of hydrogen-bond acceptors (Lipinski definition) is 4. The highest BCUT2D eigenvalue weighted by Gasteiger charge is 2.59. The van der Waals surface area contributed by atoms with E-state index in [1.807, 2.05) is 6.92 Å². The van der Waals surface area contributed by atoms with Crippen molar-refractivity contribution in [1.29, 1.82) is 0 Å². The van der Waals surface area contributed by atoms with Crippen molar-refractivity contribution in [1.82, 2.24) is 20.3 Å². The van der Waals surface area contributed by atoms with Gasteiger partial charge in [0, 0.05) is 12.8 Å². The highest BCUT2D eigenvalue weighted by molar-refractivity contribution is 6.23. The van der Waals surface area contributed by atoms with Crippen LogP contribution in [0.4, 0.5) is 26.3 Å². The molecule has 2 aromatic carbocycles. The van der Waals surface area contributed by atoms with E-state index in [-0.39, 0.29) is 35.6 Å². The summed E-state index contributed by atoms with van der Waals surface area (Å²) in [6, 6.07) is 11.5. The number of benzene rings is 2. The first kappa shape index (κ1) is 26.2. The predicted octanol–water partition coefficient (Wildman–Crippen LogP) is 5.65. The van der Waals surface area contributed by atoms with Gasteiger partial charge in [0.15, 0.2) is 5.54 Å². The van der Waals surface area contributed by atoms with Crippen molar-refractivity contribution >= 4 is 17.2 Å². The molecule has 1 aliphatic rings. The van der Waals surface area contributed by atoms with Gasteiger partial charge in [-0.2, -0.15) is 26.3 Å². The van der Waals surface area contributed by atoms with Gasteiger partial charge in [0.25, 0.3) is 5.91 Å². The second-order valence-corrected chi connectivity index (χ2v) is 8.67. The summed E-state index contributed by atoms with van der Waals surface area (Å²) in [6.45, 7) is 1.58. The molecule has 2 heterocycles. The molecular weight excluding hydrogens is 502 g/mol. The molecule has 0 saturated heterocycles. The first-order valence-electron chi connectivity index (χ1n) is 11.3. The molecule has 0 aliphatic carbocycles. The molecule has 0 spiro atoms. The van der Waals surface area contributed by atoms with E-state index in [4.69, 9.17) is 4.74 Å². The lowest BCUT2D eigenvalue weighted by Gasteiger charge is -2.41. The molecule has 196 valence electrons. The monoisotopic (exact) mass is 524 g/mol. The highest BCUT2D eigenvalue weighted by Crippen LogP contribution is 2.49. The zero-order valence-corrected chi connectivity index (χ0v) is 19.5. The van der Waals surface area contributed by atoms with Gasteiger partial charge >= 0.3 is 12.4 Å². The Morgan fingerprint density at radius 1 is 1.03 bits per heavy atom. The lowest BCUT2D eigenvalue weighted by molar-refractivity contribution is -0.201. The highest BCUT2D eigenvalue weighted by atomic mass is 19.4. The second kappa shape index (κ2) is 9.91. The number of carbonyl (C=O) groups excluding carboxylic acids is 1. The van der Waals surface area contributed by atoms with Crippen LogP contribution in [-0.4, -0.2) is 39.9 Å². The minimum atomic E-state index is -4.90. The van der Waals surface area contributed by atoms with Crippen molar-refractivity contribution in [3.05, 3.63) is 77.6 Å². The van der Waals surface area contributed by atoms with Crippen molar-refractivity contribution in [2.24, 2.45) is 0 Å². The SMILES string of the molecule is Cc1ccc(C2=C(n3ccnn3)C(=O)N[C@@](c3ccc(OCCCC(F)(F)F)cc3)(C(F)(F)F)C2)cc1. The van der Waals surface area contributed by atoms with Crippen LogP contribution in [0, 0.1) is 6.92 Å². The van der Waals surface area contributed by atoms with Gasteiger partial charge in [-0.15, -0.1) is 5.10 Å². The summed E-state index contributed by atoms with van der Waals surface area (Å²) in [5, 5.41) is 9.63. The first-order valence-corrected chi connectivity index (χ1v) is 11.3. The fraction of sp³-hybridized carbons (Fsp3) is 0.320. The normalized spacial score (nSPS) is 18.6. The van der Waals surface area contributed by atoms with Crippen molar-refractivity contribution < 1.29 is 35.9 Å². The van der Waals surface area contributed by atoms with Gasteiger partial charge in [-0.05, 0) is 42.2 Å². The van der Waals surface area contributed by atoms with Crippen LogP contribution < -0.4 is 10.1 Å². The number of aromatic nitrogens is 3. The molecule has 0 radical (unpaired) electrons. The zero-order valence-electron chi connectivity index (χ0n) is 19.5. The van der Waals surface area contributed by atoms with Gasteiger partial charge in [0.05, 0.1) is 19.0 Å². The molecule has 0 saturated carbocycles. The Balaban J connectivity index is 1.71. The minimum absolute atomic E-state index is 0.0779. The molecular formula is C25H22F6N4O2. The van der Waals surface area contributed by atoms with Crippen LogP contribution in [0.3, 0.4) is 0 Å². The average molecular weight is 524 g/mol. The third-order valence-corrected chi connectivity index (χ3v) is 6.03. The quantitative estimate of drug-likeness (QED) is 0.320. The number of hydrogen-bond donors (Lipinski definition) is 1. The lowest BCUT2D eigenvalue weighted by Crippen LogP contribution is -2.58. The van der Waals surface area contributed by atoms with Crippen LogP contribution in [0.15, 0.2) is 60.9 Å². The maximum Gasteiger partial charge on any atom is 0.416 e. The largest absolute Gasteiger partial charge is 0.494 e. The first-order chi connectivity index (χ1) is 17.4. The smallest absolute Gasteiger partial charge is 0.416 e. The number of amides is 1. The van der Waals surface area contributed by atoms with E-state index >= 15 is 0 Å². The number of aryl methyl sites for hydroxylation is 1. The Kier molecular flexibility index (Phi) is 7.03. The van der Waals surface area contributed by atoms with E-state index < -0.39 is 36.6 Å². The van der Waals surface area contributed by atoms with Crippen molar-refractivity contribution in [2.75, 3.05) is 6.61 Å². The molecule has 1 aromatic heterocycles. The summed E-state index contributed by atoms with van der Waals surface area (Å²) in [5.41, 5.74) is -1.67. The number of carbonyl (C=O) groups is 1. The van der Waals surface area contributed by atoms with Gasteiger partial charge in [0.2, 0.25) is 0 Å². The Bertz CT molecular complexity index is 1270. The van der Waals surface area contributed by atoms with Gasteiger partial charge in [-0.3, -0.25) is 4.79 Å². The third kappa shape index (κ3) is 5.62. The summed E-state index contributed by atoms with van der Waals surface area (Å²) >= 11 is 0. The van der Waals surface area contributed by atoms with Gasteiger partial charge in [-0.25, -0.2) is 4.68 Å². The molecule has 0 fully saturated rings. The summed E-state index contributed by atoms with van der Waals surface area (Å²) in [4.78, 5) is 13.2. The molecule has 6 nitrogen and oxygen atoms in total. The third-order valence-electron chi connectivity index (χ3n) is 6.03. The van der Waals surface area contributed by atoms with Crippen molar-refractivity contribution in [3.63, 3.8) is 0 Å². The van der Waals surface area contributed by atoms with Crippen molar-refractivity contribution in [3.8, 4) is 5.75 Å². The predicted molar refractivity (Wildman–Crippen MR) is 122 cm³/mol. The molecule has 1 aliphatic heterocycles. The van der Waals surface area contributed by atoms with Crippen LogP contribution in [0.5, 0.6) is 5.75 Å². The van der Waals surface area contributed by atoms with E-state index in [9.17, 15) is 31.1 Å². The summed E-state index contributed by atoms with van der Waals surface area (Å²) in [5.74, 6) is -0.875. The Morgan fingerprint density at radius 2 is 1.70 bits per heavy atom. The number of nitrogens with zero attached hydrogens (tertiary/aromatic N) is 3. The van der Waals surface area contributed by atoms with E-state index in [0.717, 1.165) is 22.4 Å². The van der Waals surface area contributed by atoms with Crippen LogP contribution >= 0.6 is 0 Å². The Labute approximate surface area is 207 Å². The molecule has 37 heavy (non-hydrogen) atoms. The van der Waals surface area contributed by atoms with Gasteiger partial charge in [0.1, 0.15) is 11.4 Å². The topological polar surface area (TPSA) is 69.0 Å². The van der Waals surface area contributed by atoms with Crippen LogP contribution in [0.2, 0.25) is 0 Å². The molecule has 4 rings (SSSR count). The second-order valence-electron chi connectivity index (χ2n) is 8.67. The van der Waals surface area contributed by atoms with Crippen LogP contribution in [0.25, 0.3) is 11.3 Å². The summed E-state index contributed by atoms with van der Waals surface area (Å²) < 4.78 is 87.5. The van der Waals surface area contributed by atoms with E-state index in [0.29, 0.717) is 5.56 Å². The molecule has 1 amide bonds. The van der Waals surface area contributed by atoms with E-state index in [1.54, 1.807) is 24.3 Å². The average Bonchev–Trinajstić information content (AvgIpc) is 3.35. The standard InChI is InChI=1S/C25H22F6N4O2/c1-16-3-5-17(6-4-16)20-15-23(25(29,30)31,33-22(36)21(20)35-13-12-32-34-35)18-7-9-19(10-8-18)37-14-2-11-24(26,27)28/h3-10,12-13H,2,11,14-15H2,1H3,(H,33,36)/t23-/m0/s1. The molecule has 0 unspecified atom stereocenters. The van der Waals surface area contributed by atoms with Gasteiger partial charge in [-0.1, -0.05) is 47.2 Å². The maximum absolute atomic E-state index is 14.7. The number of alkyl halides is 6. The van der Waals surface area contributed by atoms with Gasteiger partial charge < -0.3 is 10.1 Å². The van der Waals surface area contributed by atoms with Crippen molar-refractivity contribution in [2.45, 2.75) is 44.1 Å². The number of rotatable bonds is 7. The fourth-order valence-corrected chi connectivity index (χ4v) is 4.15. The molecule has 3 aromatic rings. The van der Waals surface area contributed by atoms with Crippen LogP contribution in [0.1, 0.15) is 36.0 Å². The minimum Gasteiger partial charge on any atom is -0.494 e. The summed E-state index contributed by atoms with van der Waals surface area (Å²) in [6.07, 6.45) is -8.49. The number of ether oxygens (including phenoxy) is 1. The number of nitrogens with one attached hydrogen (secondary N) is 1. The molecule has 1 atom stereocenters. The summed E-state index contributed by atoms with van der Waals surface area (Å²) in [7, 11) is 0. The maximum atomic E-state index is 14.7. The number of halogens is 6. The Morgan fingerprint density at radius 3 is 2.27 bits per heavy atom. The molecule has 12 heteroatoms. The molecule has 0 bridgehead atoms. The fourth-order valence-electron chi connectivity index (χ4n) is 4.15. The van der Waals surface area contributed by atoms with Crippen LogP contribution in [-0.2, 0) is 10.3 Å². The molecule has 1 N–H and O–H groups in total. The van der Waals surface area contributed by atoms with E-state index in [1.165, 1.54) is 24.5 Å². The Hall–Kier alpha value is -3.83.